The number of benzene rings is 2. The van der Waals surface area contributed by atoms with Crippen molar-refractivity contribution in [1.82, 2.24) is 4.98 Å². The lowest BCUT2D eigenvalue weighted by Crippen LogP contribution is -2.04. The number of hydrogen-bond acceptors (Lipinski definition) is 1. The maximum atomic E-state index is 4.95. The van der Waals surface area contributed by atoms with Gasteiger partial charge in [0.1, 0.15) is 0 Å². The summed E-state index contributed by atoms with van der Waals surface area (Å²) in [6.45, 7) is 2.14. The molecule has 0 aliphatic heterocycles. The Bertz CT molecular complexity index is 817. The van der Waals surface area contributed by atoms with E-state index < -0.39 is 0 Å². The Morgan fingerprint density at radius 3 is 2.67 bits per heavy atom. The minimum Gasteiger partial charge on any atom is -0.248 e. The zero-order valence-corrected chi connectivity index (χ0v) is 12.4. The molecule has 0 bridgehead atoms. The van der Waals surface area contributed by atoms with Crippen molar-refractivity contribution in [1.29, 1.82) is 0 Å². The summed E-state index contributed by atoms with van der Waals surface area (Å²) in [7, 11) is 0. The van der Waals surface area contributed by atoms with E-state index in [9.17, 15) is 0 Å². The highest BCUT2D eigenvalue weighted by Crippen LogP contribution is 2.31. The van der Waals surface area contributed by atoms with Gasteiger partial charge in [-0.15, -0.1) is 0 Å². The molecule has 1 nitrogen and oxygen atoms in total. The Morgan fingerprint density at radius 1 is 0.857 bits per heavy atom. The second-order valence-corrected chi connectivity index (χ2v) is 5.99. The minimum atomic E-state index is 1.12. The SMILES string of the molecule is Cc1cccc2ccc(-c3cccc4c3CCCC4)nc12. The summed E-state index contributed by atoms with van der Waals surface area (Å²) in [6, 6.07) is 17.4. The average Bonchev–Trinajstić information content (AvgIpc) is 2.54. The molecule has 0 amide bonds. The summed E-state index contributed by atoms with van der Waals surface area (Å²) in [5, 5.41) is 1.23. The monoisotopic (exact) mass is 273 g/mol. The molecule has 0 radical (unpaired) electrons. The van der Waals surface area contributed by atoms with Crippen LogP contribution in [0.1, 0.15) is 29.5 Å². The molecule has 1 aliphatic carbocycles. The van der Waals surface area contributed by atoms with Gasteiger partial charge in [-0.2, -0.15) is 0 Å². The fourth-order valence-electron chi connectivity index (χ4n) is 3.47. The predicted molar refractivity (Wildman–Crippen MR) is 88.6 cm³/mol. The molecule has 0 atom stereocenters. The lowest BCUT2D eigenvalue weighted by Gasteiger charge is -2.19. The van der Waals surface area contributed by atoms with Crippen molar-refractivity contribution in [2.45, 2.75) is 32.6 Å². The molecule has 0 fully saturated rings. The Balaban J connectivity index is 1.93. The van der Waals surface area contributed by atoms with Crippen LogP contribution in [0.3, 0.4) is 0 Å². The standard InChI is InChI=1S/C20H19N/c1-14-6-4-9-16-12-13-19(21-20(14)16)18-11-5-8-15-7-2-3-10-17(15)18/h4-6,8-9,11-13H,2-3,7,10H2,1H3. The predicted octanol–water partition coefficient (Wildman–Crippen LogP) is 5.09. The molecular weight excluding hydrogens is 254 g/mol. The second-order valence-electron chi connectivity index (χ2n) is 5.99. The van der Waals surface area contributed by atoms with Crippen LogP contribution in [0, 0.1) is 6.92 Å². The number of nitrogens with zero attached hydrogens (tertiary/aromatic N) is 1. The third-order valence-electron chi connectivity index (χ3n) is 4.59. The van der Waals surface area contributed by atoms with Gasteiger partial charge in [-0.25, -0.2) is 4.98 Å². The van der Waals surface area contributed by atoms with E-state index in [0.29, 0.717) is 0 Å². The topological polar surface area (TPSA) is 12.9 Å². The summed E-state index contributed by atoms with van der Waals surface area (Å²) in [5.74, 6) is 0. The highest BCUT2D eigenvalue weighted by atomic mass is 14.7. The summed E-state index contributed by atoms with van der Waals surface area (Å²) >= 11 is 0. The van der Waals surface area contributed by atoms with Gasteiger partial charge in [0.2, 0.25) is 0 Å². The number of hydrogen-bond donors (Lipinski definition) is 0. The van der Waals surface area contributed by atoms with E-state index in [1.54, 1.807) is 0 Å². The first-order valence-corrected chi connectivity index (χ1v) is 7.80. The lowest BCUT2D eigenvalue weighted by molar-refractivity contribution is 0.686. The molecule has 1 aliphatic rings. The van der Waals surface area contributed by atoms with Gasteiger partial charge in [0, 0.05) is 10.9 Å². The van der Waals surface area contributed by atoms with Crippen LogP contribution < -0.4 is 0 Å². The van der Waals surface area contributed by atoms with Gasteiger partial charge < -0.3 is 0 Å². The zero-order valence-electron chi connectivity index (χ0n) is 12.4. The second kappa shape index (κ2) is 5.00. The molecule has 104 valence electrons. The van der Waals surface area contributed by atoms with Gasteiger partial charge in [0.15, 0.2) is 0 Å². The summed E-state index contributed by atoms with van der Waals surface area (Å²) in [4.78, 5) is 4.95. The average molecular weight is 273 g/mol. The molecular formula is C20H19N. The molecule has 1 heteroatoms. The summed E-state index contributed by atoms with van der Waals surface area (Å²) in [5.41, 5.74) is 7.87. The van der Waals surface area contributed by atoms with Crippen LogP contribution in [0.2, 0.25) is 0 Å². The Kier molecular flexibility index (Phi) is 2.99. The largest absolute Gasteiger partial charge is 0.248 e. The molecule has 0 saturated carbocycles. The van der Waals surface area contributed by atoms with Gasteiger partial charge in [-0.05, 0) is 55.4 Å². The highest BCUT2D eigenvalue weighted by molar-refractivity contribution is 5.84. The first kappa shape index (κ1) is 12.6. The van der Waals surface area contributed by atoms with Crippen LogP contribution >= 0.6 is 0 Å². The van der Waals surface area contributed by atoms with Crippen LogP contribution in [0.4, 0.5) is 0 Å². The fraction of sp³-hybridized carbons (Fsp3) is 0.250. The molecule has 4 rings (SSSR count). The molecule has 1 aromatic heterocycles. The van der Waals surface area contributed by atoms with Gasteiger partial charge in [-0.3, -0.25) is 0 Å². The van der Waals surface area contributed by atoms with E-state index >= 15 is 0 Å². The number of para-hydroxylation sites is 1. The normalized spacial score (nSPS) is 14.1. The number of aryl methyl sites for hydroxylation is 2. The smallest absolute Gasteiger partial charge is 0.0738 e. The molecule has 0 N–H and O–H groups in total. The third kappa shape index (κ3) is 2.13. The van der Waals surface area contributed by atoms with Crippen LogP contribution in [0.25, 0.3) is 22.2 Å². The van der Waals surface area contributed by atoms with Gasteiger partial charge in [0.25, 0.3) is 0 Å². The molecule has 0 unspecified atom stereocenters. The van der Waals surface area contributed by atoms with E-state index in [-0.39, 0.29) is 0 Å². The molecule has 1 heterocycles. The third-order valence-corrected chi connectivity index (χ3v) is 4.59. The van der Waals surface area contributed by atoms with Crippen LogP contribution in [-0.4, -0.2) is 4.98 Å². The van der Waals surface area contributed by atoms with E-state index in [0.717, 1.165) is 11.2 Å². The lowest BCUT2D eigenvalue weighted by atomic mass is 9.87. The zero-order chi connectivity index (χ0) is 14.2. The van der Waals surface area contributed by atoms with Crippen LogP contribution in [0.5, 0.6) is 0 Å². The van der Waals surface area contributed by atoms with Gasteiger partial charge in [-0.1, -0.05) is 42.5 Å². The maximum absolute atomic E-state index is 4.95. The van der Waals surface area contributed by atoms with Crippen molar-refractivity contribution >= 4 is 10.9 Å². The van der Waals surface area contributed by atoms with Crippen molar-refractivity contribution < 1.29 is 0 Å². The number of pyridine rings is 1. The van der Waals surface area contributed by atoms with Crippen molar-refractivity contribution in [2.24, 2.45) is 0 Å². The Labute approximate surface area is 125 Å². The molecule has 0 saturated heterocycles. The van der Waals surface area contributed by atoms with E-state index in [4.69, 9.17) is 4.98 Å². The quantitative estimate of drug-likeness (QED) is 0.602. The first-order chi connectivity index (χ1) is 10.3. The van der Waals surface area contributed by atoms with E-state index in [1.165, 1.54) is 53.3 Å². The van der Waals surface area contributed by atoms with Crippen LogP contribution in [0.15, 0.2) is 48.5 Å². The first-order valence-electron chi connectivity index (χ1n) is 7.80. The molecule has 3 aromatic rings. The van der Waals surface area contributed by atoms with Crippen molar-refractivity contribution in [3.8, 4) is 11.3 Å². The minimum absolute atomic E-state index is 1.12. The van der Waals surface area contributed by atoms with Crippen molar-refractivity contribution in [3.63, 3.8) is 0 Å². The Hall–Kier alpha value is -2.15. The van der Waals surface area contributed by atoms with Crippen molar-refractivity contribution in [2.75, 3.05) is 0 Å². The van der Waals surface area contributed by atoms with E-state index in [1.807, 2.05) is 0 Å². The number of aromatic nitrogens is 1. The van der Waals surface area contributed by atoms with E-state index in [2.05, 4.69) is 55.5 Å². The molecule has 21 heavy (non-hydrogen) atoms. The number of fused-ring (bicyclic) bond motifs is 2. The summed E-state index contributed by atoms with van der Waals surface area (Å²) in [6.07, 6.45) is 5.03. The number of rotatable bonds is 1. The van der Waals surface area contributed by atoms with Crippen molar-refractivity contribution in [3.05, 3.63) is 65.2 Å². The van der Waals surface area contributed by atoms with Gasteiger partial charge >= 0.3 is 0 Å². The molecule has 2 aromatic carbocycles. The van der Waals surface area contributed by atoms with Crippen LogP contribution in [-0.2, 0) is 12.8 Å². The Morgan fingerprint density at radius 2 is 1.71 bits per heavy atom. The van der Waals surface area contributed by atoms with Gasteiger partial charge in [0.05, 0.1) is 11.2 Å². The maximum Gasteiger partial charge on any atom is 0.0738 e. The fourth-order valence-corrected chi connectivity index (χ4v) is 3.47. The summed E-state index contributed by atoms with van der Waals surface area (Å²) < 4.78 is 0. The highest BCUT2D eigenvalue weighted by Gasteiger charge is 2.15. The molecule has 0 spiro atoms.